The molecule has 0 aromatic rings. The van der Waals surface area contributed by atoms with Crippen molar-refractivity contribution in [3.05, 3.63) is 0 Å². The van der Waals surface area contributed by atoms with Crippen LogP contribution < -0.4 is 5.73 Å². The number of rotatable bonds is 5. The summed E-state index contributed by atoms with van der Waals surface area (Å²) in [7, 11) is 2.19. The first kappa shape index (κ1) is 14.9. The van der Waals surface area contributed by atoms with E-state index >= 15 is 0 Å². The fourth-order valence-electron chi connectivity index (χ4n) is 3.08. The first-order chi connectivity index (χ1) is 7.86. The van der Waals surface area contributed by atoms with Gasteiger partial charge in [-0.3, -0.25) is 4.90 Å². The van der Waals surface area contributed by atoms with E-state index in [1.165, 1.54) is 12.8 Å². The molecule has 3 heteroatoms. The molecular formula is C14H30N2O. The summed E-state index contributed by atoms with van der Waals surface area (Å²) in [6, 6.07) is 0.651. The smallest absolute Gasteiger partial charge is 0.0702 e. The zero-order valence-corrected chi connectivity index (χ0v) is 12.2. The molecule has 1 fully saturated rings. The maximum Gasteiger partial charge on any atom is 0.0702 e. The summed E-state index contributed by atoms with van der Waals surface area (Å²) in [4.78, 5) is 2.41. The molecule has 0 aromatic heterocycles. The molecule has 3 nitrogen and oxygen atoms in total. The van der Waals surface area contributed by atoms with Crippen molar-refractivity contribution in [3.8, 4) is 0 Å². The first-order valence-electron chi connectivity index (χ1n) is 6.93. The highest BCUT2D eigenvalue weighted by molar-refractivity contribution is 4.90. The van der Waals surface area contributed by atoms with Gasteiger partial charge in [0.2, 0.25) is 0 Å². The van der Waals surface area contributed by atoms with E-state index in [1.807, 2.05) is 0 Å². The molecule has 1 aliphatic heterocycles. The van der Waals surface area contributed by atoms with Crippen molar-refractivity contribution in [2.45, 2.75) is 65.1 Å². The number of nitrogens with zero attached hydrogens (tertiary/aromatic N) is 1. The molecule has 0 aromatic carbocycles. The Morgan fingerprint density at radius 3 is 2.47 bits per heavy atom. The summed E-state index contributed by atoms with van der Waals surface area (Å²) in [6.45, 7) is 10.9. The monoisotopic (exact) mass is 242 g/mol. The second-order valence-electron chi connectivity index (χ2n) is 6.46. The zero-order valence-electron chi connectivity index (χ0n) is 12.2. The largest absolute Gasteiger partial charge is 0.377 e. The van der Waals surface area contributed by atoms with Gasteiger partial charge >= 0.3 is 0 Å². The molecule has 2 N–H and O–H groups in total. The van der Waals surface area contributed by atoms with Crippen LogP contribution in [-0.2, 0) is 4.74 Å². The third kappa shape index (κ3) is 4.23. The van der Waals surface area contributed by atoms with E-state index in [9.17, 15) is 0 Å². The average molecular weight is 242 g/mol. The van der Waals surface area contributed by atoms with Crippen molar-refractivity contribution in [2.75, 3.05) is 20.2 Å². The number of hydrogen-bond donors (Lipinski definition) is 1. The van der Waals surface area contributed by atoms with E-state index in [1.54, 1.807) is 0 Å². The summed E-state index contributed by atoms with van der Waals surface area (Å²) in [6.07, 6.45) is 3.84. The minimum atomic E-state index is 0.211. The normalized spacial score (nSPS) is 25.2. The summed E-state index contributed by atoms with van der Waals surface area (Å²) < 4.78 is 5.72. The lowest BCUT2D eigenvalue weighted by Crippen LogP contribution is -2.54. The highest BCUT2D eigenvalue weighted by atomic mass is 16.5. The van der Waals surface area contributed by atoms with Gasteiger partial charge in [0.15, 0.2) is 0 Å². The van der Waals surface area contributed by atoms with Gasteiger partial charge in [-0.1, -0.05) is 27.7 Å². The van der Waals surface area contributed by atoms with Crippen molar-refractivity contribution < 1.29 is 4.74 Å². The van der Waals surface area contributed by atoms with Crippen LogP contribution in [0.3, 0.4) is 0 Å². The van der Waals surface area contributed by atoms with Gasteiger partial charge in [-0.05, 0) is 31.7 Å². The van der Waals surface area contributed by atoms with Gasteiger partial charge < -0.3 is 10.5 Å². The SMILES string of the molecule is CCC(N)C(N(C)CC1CCCO1)C(C)(C)C. The highest BCUT2D eigenvalue weighted by Crippen LogP contribution is 2.27. The number of nitrogens with two attached hydrogens (primary N) is 1. The van der Waals surface area contributed by atoms with Crippen LogP contribution in [0.1, 0.15) is 47.0 Å². The maximum absolute atomic E-state index is 6.30. The molecular weight excluding hydrogens is 212 g/mol. The van der Waals surface area contributed by atoms with E-state index in [0.29, 0.717) is 12.1 Å². The molecule has 0 saturated carbocycles. The Kier molecular flexibility index (Phi) is 5.42. The summed E-state index contributed by atoms with van der Waals surface area (Å²) >= 11 is 0. The molecule has 0 amide bonds. The molecule has 3 unspecified atom stereocenters. The fraction of sp³-hybridized carbons (Fsp3) is 1.00. The Hall–Kier alpha value is -0.120. The lowest BCUT2D eigenvalue weighted by atomic mass is 9.80. The summed E-state index contributed by atoms with van der Waals surface area (Å²) in [5.74, 6) is 0. The molecule has 1 aliphatic rings. The van der Waals surface area contributed by atoms with Gasteiger partial charge in [0.25, 0.3) is 0 Å². The molecule has 1 rings (SSSR count). The predicted octanol–water partition coefficient (Wildman–Crippen LogP) is 2.25. The Morgan fingerprint density at radius 1 is 1.41 bits per heavy atom. The maximum atomic E-state index is 6.30. The van der Waals surface area contributed by atoms with Crippen LogP contribution >= 0.6 is 0 Å². The van der Waals surface area contributed by atoms with E-state index in [4.69, 9.17) is 10.5 Å². The van der Waals surface area contributed by atoms with E-state index in [-0.39, 0.29) is 11.5 Å². The van der Waals surface area contributed by atoms with E-state index in [0.717, 1.165) is 19.6 Å². The van der Waals surface area contributed by atoms with Crippen molar-refractivity contribution in [1.82, 2.24) is 4.90 Å². The minimum Gasteiger partial charge on any atom is -0.377 e. The zero-order chi connectivity index (χ0) is 13.1. The molecule has 0 bridgehead atoms. The second-order valence-corrected chi connectivity index (χ2v) is 6.46. The fourth-order valence-corrected chi connectivity index (χ4v) is 3.08. The second kappa shape index (κ2) is 6.17. The van der Waals surface area contributed by atoms with E-state index in [2.05, 4.69) is 39.6 Å². The topological polar surface area (TPSA) is 38.5 Å². The van der Waals surface area contributed by atoms with Crippen LogP contribution in [0, 0.1) is 5.41 Å². The Morgan fingerprint density at radius 2 is 2.06 bits per heavy atom. The van der Waals surface area contributed by atoms with Gasteiger partial charge in [-0.2, -0.15) is 0 Å². The average Bonchev–Trinajstić information content (AvgIpc) is 2.67. The molecule has 0 spiro atoms. The molecule has 1 saturated heterocycles. The van der Waals surface area contributed by atoms with Gasteiger partial charge in [-0.15, -0.1) is 0 Å². The van der Waals surface area contributed by atoms with Crippen LogP contribution in [0.25, 0.3) is 0 Å². The van der Waals surface area contributed by atoms with Crippen LogP contribution in [0.2, 0.25) is 0 Å². The summed E-state index contributed by atoms with van der Waals surface area (Å²) in [5, 5.41) is 0. The third-order valence-corrected chi connectivity index (χ3v) is 3.75. The molecule has 0 radical (unpaired) electrons. The van der Waals surface area contributed by atoms with Crippen LogP contribution in [-0.4, -0.2) is 43.3 Å². The Bertz CT molecular complexity index is 219. The van der Waals surface area contributed by atoms with Crippen molar-refractivity contribution in [1.29, 1.82) is 0 Å². The number of ether oxygens (including phenoxy) is 1. The molecule has 3 atom stereocenters. The third-order valence-electron chi connectivity index (χ3n) is 3.75. The minimum absolute atomic E-state index is 0.211. The molecule has 0 aliphatic carbocycles. The Balaban J connectivity index is 2.61. The van der Waals surface area contributed by atoms with Crippen LogP contribution in [0.15, 0.2) is 0 Å². The van der Waals surface area contributed by atoms with Gasteiger partial charge in [0, 0.05) is 25.2 Å². The van der Waals surface area contributed by atoms with Crippen molar-refractivity contribution in [2.24, 2.45) is 11.1 Å². The molecule has 1 heterocycles. The van der Waals surface area contributed by atoms with E-state index < -0.39 is 0 Å². The molecule has 102 valence electrons. The van der Waals surface area contributed by atoms with Gasteiger partial charge in [0.1, 0.15) is 0 Å². The first-order valence-corrected chi connectivity index (χ1v) is 6.93. The number of hydrogen-bond acceptors (Lipinski definition) is 3. The van der Waals surface area contributed by atoms with Crippen molar-refractivity contribution in [3.63, 3.8) is 0 Å². The standard InChI is InChI=1S/C14H30N2O/c1-6-12(15)13(14(2,3)4)16(5)10-11-8-7-9-17-11/h11-13H,6-10,15H2,1-5H3. The van der Waals surface area contributed by atoms with Crippen LogP contribution in [0.4, 0.5) is 0 Å². The molecule has 17 heavy (non-hydrogen) atoms. The van der Waals surface area contributed by atoms with Crippen LogP contribution in [0.5, 0.6) is 0 Å². The lowest BCUT2D eigenvalue weighted by Gasteiger charge is -2.42. The highest BCUT2D eigenvalue weighted by Gasteiger charge is 2.34. The lowest BCUT2D eigenvalue weighted by molar-refractivity contribution is 0.0335. The van der Waals surface area contributed by atoms with Crippen molar-refractivity contribution >= 4 is 0 Å². The van der Waals surface area contributed by atoms with Gasteiger partial charge in [-0.25, -0.2) is 0 Å². The quantitative estimate of drug-likeness (QED) is 0.803. The Labute approximate surface area is 107 Å². The number of likely N-dealkylation sites (N-methyl/N-ethyl adjacent to an activating group) is 1. The predicted molar refractivity (Wildman–Crippen MR) is 73.1 cm³/mol. The summed E-state index contributed by atoms with van der Waals surface area (Å²) in [5.41, 5.74) is 6.51. The van der Waals surface area contributed by atoms with Gasteiger partial charge in [0.05, 0.1) is 6.10 Å².